The van der Waals surface area contributed by atoms with E-state index in [-0.39, 0.29) is 11.7 Å². The third-order valence-corrected chi connectivity index (χ3v) is 3.05. The van der Waals surface area contributed by atoms with Gasteiger partial charge in [0.2, 0.25) is 0 Å². The molecule has 5 heteroatoms. The molecule has 0 aromatic heterocycles. The second-order valence-electron chi connectivity index (χ2n) is 4.78. The lowest BCUT2D eigenvalue weighted by Crippen LogP contribution is -2.55. The molecule has 1 N–H and O–H groups in total. The number of morpholine rings is 1. The molecule has 1 amide bonds. The van der Waals surface area contributed by atoms with Crippen molar-refractivity contribution >= 4 is 11.6 Å². The molecule has 18 heavy (non-hydrogen) atoms. The predicted molar refractivity (Wildman–Crippen MR) is 66.9 cm³/mol. The van der Waals surface area contributed by atoms with Crippen molar-refractivity contribution in [2.24, 2.45) is 0 Å². The van der Waals surface area contributed by atoms with Crippen molar-refractivity contribution in [3.8, 4) is 0 Å². The van der Waals surface area contributed by atoms with Gasteiger partial charge in [0, 0.05) is 18.8 Å². The summed E-state index contributed by atoms with van der Waals surface area (Å²) in [5, 5.41) is 2.74. The van der Waals surface area contributed by atoms with Crippen molar-refractivity contribution in [1.29, 1.82) is 0 Å². The van der Waals surface area contributed by atoms with Crippen LogP contribution in [0.3, 0.4) is 0 Å². The van der Waals surface area contributed by atoms with Crippen LogP contribution in [-0.4, -0.2) is 43.2 Å². The van der Waals surface area contributed by atoms with Crippen molar-refractivity contribution in [1.82, 2.24) is 4.90 Å². The molecule has 0 bridgehead atoms. The zero-order valence-corrected chi connectivity index (χ0v) is 10.6. The summed E-state index contributed by atoms with van der Waals surface area (Å²) in [6.45, 7) is 3.66. The molecule has 1 aromatic carbocycles. The number of likely N-dealkylation sites (N-methyl/N-ethyl adjacent to an activating group) is 1. The average Bonchev–Trinajstić information content (AvgIpc) is 2.32. The van der Waals surface area contributed by atoms with Gasteiger partial charge in [-0.05, 0) is 38.2 Å². The van der Waals surface area contributed by atoms with E-state index >= 15 is 0 Å². The Kier molecular flexibility index (Phi) is 3.63. The van der Waals surface area contributed by atoms with Crippen LogP contribution < -0.4 is 5.32 Å². The van der Waals surface area contributed by atoms with Crippen LogP contribution in [0, 0.1) is 5.82 Å². The molecule has 0 unspecified atom stereocenters. The summed E-state index contributed by atoms with van der Waals surface area (Å²) in [5.74, 6) is -0.534. The second kappa shape index (κ2) is 5.04. The Labute approximate surface area is 106 Å². The Morgan fingerprint density at radius 1 is 1.44 bits per heavy atom. The molecule has 1 aliphatic rings. The second-order valence-corrected chi connectivity index (χ2v) is 4.78. The minimum atomic E-state index is -0.860. The third-order valence-electron chi connectivity index (χ3n) is 3.05. The number of halogens is 1. The van der Waals surface area contributed by atoms with Gasteiger partial charge in [0.05, 0.1) is 6.61 Å². The molecule has 2 rings (SSSR count). The quantitative estimate of drug-likeness (QED) is 0.867. The highest BCUT2D eigenvalue weighted by molar-refractivity contribution is 5.97. The summed E-state index contributed by atoms with van der Waals surface area (Å²) in [7, 11) is 1.95. The standard InChI is InChI=1S/C13H17FN2O2/c1-13(9-16(2)7-8-18-13)12(17)15-11-5-3-10(14)4-6-11/h3-6H,7-9H2,1-2H3,(H,15,17)/t13-/m1/s1. The number of rotatable bonds is 2. The number of hydrogen-bond acceptors (Lipinski definition) is 3. The monoisotopic (exact) mass is 252 g/mol. The zero-order chi connectivity index (χ0) is 13.2. The van der Waals surface area contributed by atoms with E-state index in [2.05, 4.69) is 5.32 Å². The van der Waals surface area contributed by atoms with Gasteiger partial charge in [-0.1, -0.05) is 0 Å². The summed E-state index contributed by atoms with van der Waals surface area (Å²) in [5.41, 5.74) is -0.291. The largest absolute Gasteiger partial charge is 0.363 e. The van der Waals surface area contributed by atoms with Gasteiger partial charge in [0.15, 0.2) is 5.60 Å². The Hall–Kier alpha value is -1.46. The molecule has 98 valence electrons. The topological polar surface area (TPSA) is 41.6 Å². The first-order valence-corrected chi connectivity index (χ1v) is 5.89. The number of carbonyl (C=O) groups is 1. The molecule has 1 atom stereocenters. The summed E-state index contributed by atoms with van der Waals surface area (Å²) in [6.07, 6.45) is 0. The van der Waals surface area contributed by atoms with Gasteiger partial charge >= 0.3 is 0 Å². The van der Waals surface area contributed by atoms with Crippen molar-refractivity contribution in [3.63, 3.8) is 0 Å². The number of anilines is 1. The Morgan fingerprint density at radius 3 is 2.72 bits per heavy atom. The molecular weight excluding hydrogens is 235 g/mol. The number of hydrogen-bond donors (Lipinski definition) is 1. The zero-order valence-electron chi connectivity index (χ0n) is 10.6. The average molecular weight is 252 g/mol. The Morgan fingerprint density at radius 2 is 2.11 bits per heavy atom. The van der Waals surface area contributed by atoms with E-state index < -0.39 is 5.60 Å². The summed E-state index contributed by atoms with van der Waals surface area (Å²) in [6, 6.07) is 5.68. The number of ether oxygens (including phenoxy) is 1. The lowest BCUT2D eigenvalue weighted by molar-refractivity contribution is -0.149. The number of benzene rings is 1. The van der Waals surface area contributed by atoms with Crippen molar-refractivity contribution in [2.75, 3.05) is 32.1 Å². The van der Waals surface area contributed by atoms with Crippen LogP contribution in [0.1, 0.15) is 6.92 Å². The summed E-state index contributed by atoms with van der Waals surface area (Å²) >= 11 is 0. The fourth-order valence-corrected chi connectivity index (χ4v) is 2.00. The highest BCUT2D eigenvalue weighted by Gasteiger charge is 2.38. The van der Waals surface area contributed by atoms with Crippen LogP contribution in [0.5, 0.6) is 0 Å². The first-order chi connectivity index (χ1) is 8.49. The van der Waals surface area contributed by atoms with Gasteiger partial charge in [-0.25, -0.2) is 4.39 Å². The molecule has 1 fully saturated rings. The number of nitrogens with zero attached hydrogens (tertiary/aromatic N) is 1. The smallest absolute Gasteiger partial charge is 0.257 e. The molecular formula is C13H17FN2O2. The predicted octanol–water partition coefficient (Wildman–Crippen LogP) is 1.48. The van der Waals surface area contributed by atoms with Crippen LogP contribution in [-0.2, 0) is 9.53 Å². The van der Waals surface area contributed by atoms with Crippen LogP contribution in [0.4, 0.5) is 10.1 Å². The van der Waals surface area contributed by atoms with E-state index in [0.717, 1.165) is 6.54 Å². The van der Waals surface area contributed by atoms with E-state index in [1.807, 2.05) is 11.9 Å². The SMILES string of the molecule is CN1CCO[C@@](C)(C(=O)Nc2ccc(F)cc2)C1. The van der Waals surface area contributed by atoms with Gasteiger partial charge in [-0.15, -0.1) is 0 Å². The Balaban J connectivity index is 2.04. The van der Waals surface area contributed by atoms with Crippen LogP contribution in [0.2, 0.25) is 0 Å². The molecule has 0 aliphatic carbocycles. The lowest BCUT2D eigenvalue weighted by atomic mass is 10.0. The molecule has 4 nitrogen and oxygen atoms in total. The van der Waals surface area contributed by atoms with E-state index in [1.54, 1.807) is 6.92 Å². The maximum atomic E-state index is 12.8. The molecule has 1 aromatic rings. The van der Waals surface area contributed by atoms with Crippen molar-refractivity contribution < 1.29 is 13.9 Å². The number of nitrogens with one attached hydrogen (secondary N) is 1. The molecule has 1 saturated heterocycles. The highest BCUT2D eigenvalue weighted by atomic mass is 19.1. The normalized spacial score (nSPS) is 24.8. The van der Waals surface area contributed by atoms with Gasteiger partial charge in [-0.2, -0.15) is 0 Å². The van der Waals surface area contributed by atoms with E-state index in [4.69, 9.17) is 4.74 Å². The van der Waals surface area contributed by atoms with Gasteiger partial charge in [0.1, 0.15) is 5.82 Å². The highest BCUT2D eigenvalue weighted by Crippen LogP contribution is 2.19. The maximum Gasteiger partial charge on any atom is 0.257 e. The molecule has 0 saturated carbocycles. The van der Waals surface area contributed by atoms with Crippen LogP contribution in [0.25, 0.3) is 0 Å². The fourth-order valence-electron chi connectivity index (χ4n) is 2.00. The molecule has 1 heterocycles. The molecule has 0 radical (unpaired) electrons. The Bertz CT molecular complexity index is 435. The first-order valence-electron chi connectivity index (χ1n) is 5.89. The number of carbonyl (C=O) groups excluding carboxylic acids is 1. The third kappa shape index (κ3) is 2.86. The van der Waals surface area contributed by atoms with Gasteiger partial charge < -0.3 is 15.0 Å². The molecule has 1 aliphatic heterocycles. The number of amides is 1. The lowest BCUT2D eigenvalue weighted by Gasteiger charge is -2.37. The van der Waals surface area contributed by atoms with E-state index in [9.17, 15) is 9.18 Å². The van der Waals surface area contributed by atoms with Crippen molar-refractivity contribution in [2.45, 2.75) is 12.5 Å². The minimum Gasteiger partial charge on any atom is -0.363 e. The minimum absolute atomic E-state index is 0.208. The van der Waals surface area contributed by atoms with E-state index in [1.165, 1.54) is 24.3 Å². The summed E-state index contributed by atoms with van der Waals surface area (Å²) in [4.78, 5) is 14.2. The van der Waals surface area contributed by atoms with Gasteiger partial charge in [-0.3, -0.25) is 4.79 Å². The van der Waals surface area contributed by atoms with Crippen molar-refractivity contribution in [3.05, 3.63) is 30.1 Å². The van der Waals surface area contributed by atoms with Crippen LogP contribution >= 0.6 is 0 Å². The van der Waals surface area contributed by atoms with E-state index in [0.29, 0.717) is 18.8 Å². The molecule has 0 spiro atoms. The van der Waals surface area contributed by atoms with Crippen LogP contribution in [0.15, 0.2) is 24.3 Å². The summed E-state index contributed by atoms with van der Waals surface area (Å²) < 4.78 is 18.3. The maximum absolute atomic E-state index is 12.8. The van der Waals surface area contributed by atoms with Gasteiger partial charge in [0.25, 0.3) is 5.91 Å². The fraction of sp³-hybridized carbons (Fsp3) is 0.462. The first kappa shape index (κ1) is 13.0.